The summed E-state index contributed by atoms with van der Waals surface area (Å²) >= 11 is 0. The van der Waals surface area contributed by atoms with E-state index in [9.17, 15) is 0 Å². The molecular formula is C39H40N2. The topological polar surface area (TPSA) is 15.3 Å². The van der Waals surface area contributed by atoms with Crippen LogP contribution in [0.3, 0.4) is 0 Å². The van der Waals surface area contributed by atoms with Crippen LogP contribution >= 0.6 is 0 Å². The van der Waals surface area contributed by atoms with E-state index in [1.165, 1.54) is 24.8 Å². The van der Waals surface area contributed by atoms with E-state index in [1.54, 1.807) is 0 Å². The van der Waals surface area contributed by atoms with E-state index in [4.69, 9.17) is 0 Å². The minimum atomic E-state index is 0.137. The van der Waals surface area contributed by atoms with Gasteiger partial charge in [-0.25, -0.2) is 0 Å². The Hall–Kier alpha value is -4.24. The standard InChI is InChI=1S/C39H40N2/c1-5-33-34(6-2)36(31-19-11-9-12-20-31)24-16-8-7-15-23-35(33)29(3)26-27-30(4)38-39(32-21-13-10-14-22-32)41-28-18-17-25-37(41)40-38/h5-16,19-24,26-27,37-40H,1-4,17-18,25,28H2. The van der Waals surface area contributed by atoms with Gasteiger partial charge in [0.25, 0.3) is 0 Å². The molecule has 0 aromatic heterocycles. The maximum absolute atomic E-state index is 4.55. The Bertz CT molecular complexity index is 1500. The Morgan fingerprint density at radius 2 is 1.37 bits per heavy atom. The highest BCUT2D eigenvalue weighted by molar-refractivity contribution is 5.86. The monoisotopic (exact) mass is 536 g/mol. The van der Waals surface area contributed by atoms with E-state index in [1.807, 2.05) is 36.4 Å². The normalized spacial score (nSPS) is 20.1. The van der Waals surface area contributed by atoms with E-state index in [0.717, 1.165) is 45.5 Å². The van der Waals surface area contributed by atoms with E-state index in [0.29, 0.717) is 6.17 Å². The maximum Gasteiger partial charge on any atom is 0.0608 e. The van der Waals surface area contributed by atoms with Crippen molar-refractivity contribution in [1.82, 2.24) is 10.2 Å². The number of fused-ring (bicyclic) bond motifs is 1. The third-order valence-corrected chi connectivity index (χ3v) is 8.20. The number of nitrogens with zero attached hydrogens (tertiary/aromatic N) is 1. The summed E-state index contributed by atoms with van der Waals surface area (Å²) in [6.45, 7) is 18.6. The predicted molar refractivity (Wildman–Crippen MR) is 177 cm³/mol. The van der Waals surface area contributed by atoms with Gasteiger partial charge >= 0.3 is 0 Å². The number of allylic oxidation sites excluding steroid dienone is 2. The van der Waals surface area contributed by atoms with Crippen molar-refractivity contribution in [3.05, 3.63) is 163 Å². The van der Waals surface area contributed by atoms with E-state index in [-0.39, 0.29) is 12.1 Å². The molecule has 3 aromatic rings. The molecule has 41 heavy (non-hydrogen) atoms. The first-order valence-electron chi connectivity index (χ1n) is 14.6. The van der Waals surface area contributed by atoms with E-state index in [2.05, 4.69) is 121 Å². The fourth-order valence-corrected chi connectivity index (χ4v) is 6.19. The third-order valence-electron chi connectivity index (χ3n) is 8.20. The van der Waals surface area contributed by atoms with E-state index < -0.39 is 0 Å². The Labute approximate surface area is 246 Å². The zero-order valence-electron chi connectivity index (χ0n) is 23.9. The molecule has 0 aliphatic carbocycles. The van der Waals surface area contributed by atoms with Gasteiger partial charge in [-0.1, -0.05) is 148 Å². The van der Waals surface area contributed by atoms with Crippen LogP contribution in [0.2, 0.25) is 0 Å². The summed E-state index contributed by atoms with van der Waals surface area (Å²) in [5.41, 5.74) is 8.53. The summed E-state index contributed by atoms with van der Waals surface area (Å²) in [6, 6.07) is 34.1. The van der Waals surface area contributed by atoms with Gasteiger partial charge in [0, 0.05) is 6.54 Å². The second kappa shape index (κ2) is 13.4. The Kier molecular flexibility index (Phi) is 9.26. The maximum atomic E-state index is 4.55. The molecular weight excluding hydrogens is 496 g/mol. The van der Waals surface area contributed by atoms with Gasteiger partial charge in [-0.15, -0.1) is 0 Å². The molecule has 2 fully saturated rings. The molecule has 2 aliphatic heterocycles. The molecule has 0 amide bonds. The lowest BCUT2D eigenvalue weighted by molar-refractivity contribution is 0.142. The van der Waals surface area contributed by atoms with Crippen molar-refractivity contribution in [3.63, 3.8) is 0 Å². The number of rotatable bonds is 8. The zero-order valence-corrected chi connectivity index (χ0v) is 23.9. The van der Waals surface area contributed by atoms with Crippen molar-refractivity contribution >= 4 is 17.7 Å². The molecule has 0 spiro atoms. The van der Waals surface area contributed by atoms with Gasteiger partial charge in [0.15, 0.2) is 0 Å². The zero-order chi connectivity index (χ0) is 28.6. The summed E-state index contributed by atoms with van der Waals surface area (Å²) in [4.78, 5) is 2.63. The lowest BCUT2D eigenvalue weighted by atomic mass is 9.91. The highest BCUT2D eigenvalue weighted by Crippen LogP contribution is 2.39. The molecule has 2 aliphatic rings. The van der Waals surface area contributed by atoms with Crippen LogP contribution < -0.4 is 5.32 Å². The molecule has 5 rings (SSSR count). The quantitative estimate of drug-likeness (QED) is 0.289. The van der Waals surface area contributed by atoms with Crippen LogP contribution in [0.4, 0.5) is 0 Å². The highest BCUT2D eigenvalue weighted by Gasteiger charge is 2.42. The van der Waals surface area contributed by atoms with Gasteiger partial charge in [0.2, 0.25) is 0 Å². The van der Waals surface area contributed by atoms with Crippen LogP contribution in [0.25, 0.3) is 28.9 Å². The average Bonchev–Trinajstić information content (AvgIpc) is 3.42. The van der Waals surface area contributed by atoms with Gasteiger partial charge in [-0.2, -0.15) is 0 Å². The molecule has 3 unspecified atom stereocenters. The fourth-order valence-electron chi connectivity index (χ4n) is 6.19. The minimum absolute atomic E-state index is 0.137. The predicted octanol–water partition coefficient (Wildman–Crippen LogP) is 9.41. The van der Waals surface area contributed by atoms with Gasteiger partial charge in [-0.3, -0.25) is 10.2 Å². The smallest absolute Gasteiger partial charge is 0.0608 e. The van der Waals surface area contributed by atoms with Gasteiger partial charge in [0.1, 0.15) is 0 Å². The van der Waals surface area contributed by atoms with Crippen molar-refractivity contribution in [2.75, 3.05) is 6.54 Å². The van der Waals surface area contributed by atoms with Crippen LogP contribution in [0, 0.1) is 0 Å². The number of piperidine rings is 1. The molecule has 0 saturated carbocycles. The van der Waals surface area contributed by atoms with Gasteiger partial charge < -0.3 is 0 Å². The molecule has 2 heteroatoms. The molecule has 206 valence electrons. The average molecular weight is 537 g/mol. The highest BCUT2D eigenvalue weighted by atomic mass is 15.4. The van der Waals surface area contributed by atoms with Crippen molar-refractivity contribution in [1.29, 1.82) is 0 Å². The molecule has 1 N–H and O–H groups in total. The summed E-state index contributed by atoms with van der Waals surface area (Å²) in [7, 11) is 0. The van der Waals surface area contributed by atoms with Gasteiger partial charge in [-0.05, 0) is 63.8 Å². The Balaban J connectivity index is 1.52. The molecule has 3 aromatic carbocycles. The lowest BCUT2D eigenvalue weighted by Gasteiger charge is -2.33. The van der Waals surface area contributed by atoms with E-state index >= 15 is 0 Å². The second-order valence-corrected chi connectivity index (χ2v) is 10.7. The first kappa shape index (κ1) is 28.3. The summed E-state index contributed by atoms with van der Waals surface area (Å²) in [6.07, 6.45) is 12.1. The third kappa shape index (κ3) is 6.25. The molecule has 3 atom stereocenters. The van der Waals surface area contributed by atoms with Crippen molar-refractivity contribution in [2.45, 2.75) is 37.5 Å². The Morgan fingerprint density at radius 3 is 2.07 bits per heavy atom. The second-order valence-electron chi connectivity index (χ2n) is 10.7. The van der Waals surface area contributed by atoms with Crippen molar-refractivity contribution in [3.8, 4) is 11.1 Å². The summed E-state index contributed by atoms with van der Waals surface area (Å²) < 4.78 is 0. The number of nitrogens with one attached hydrogen (secondary N) is 1. The molecule has 2 saturated heterocycles. The molecule has 2 heterocycles. The van der Waals surface area contributed by atoms with Crippen LogP contribution in [-0.4, -0.2) is 23.7 Å². The van der Waals surface area contributed by atoms with Crippen LogP contribution in [0.5, 0.6) is 0 Å². The molecule has 0 bridgehead atoms. The number of hydrogen-bond donors (Lipinski definition) is 1. The molecule has 2 nitrogen and oxygen atoms in total. The van der Waals surface area contributed by atoms with Crippen LogP contribution in [0.1, 0.15) is 47.6 Å². The summed E-state index contributed by atoms with van der Waals surface area (Å²) in [5.74, 6) is 0. The lowest BCUT2D eigenvalue weighted by Crippen LogP contribution is -2.40. The summed E-state index contributed by atoms with van der Waals surface area (Å²) in [5, 5.41) is 3.90. The van der Waals surface area contributed by atoms with Crippen LogP contribution in [-0.2, 0) is 0 Å². The van der Waals surface area contributed by atoms with Gasteiger partial charge in [0.05, 0.1) is 18.2 Å². The van der Waals surface area contributed by atoms with Crippen molar-refractivity contribution < 1.29 is 0 Å². The minimum Gasteiger partial charge on any atom is -0.293 e. The first-order valence-corrected chi connectivity index (χ1v) is 14.6. The fraction of sp³-hybridized carbons (Fsp3) is 0.179. The molecule has 0 radical (unpaired) electrons. The number of hydrogen-bond acceptors (Lipinski definition) is 2. The van der Waals surface area contributed by atoms with Crippen LogP contribution in [0.15, 0.2) is 141 Å². The largest absolute Gasteiger partial charge is 0.293 e. The SMILES string of the molecule is C=Cc1c(C(=C)C=CC(=C)C2NC3CCCCN3C2c2ccccc2)ccccccc(-c2ccccc2)c1C=C. The Morgan fingerprint density at radius 1 is 0.732 bits per heavy atom. The first-order chi connectivity index (χ1) is 20.1. The number of benzene rings is 2. The van der Waals surface area contributed by atoms with Crippen molar-refractivity contribution in [2.24, 2.45) is 0 Å².